The average molecular weight is 341 g/mol. The second-order valence-corrected chi connectivity index (χ2v) is 6.47. The van der Waals surface area contributed by atoms with Gasteiger partial charge in [0.2, 0.25) is 5.91 Å². The van der Waals surface area contributed by atoms with E-state index in [1.54, 1.807) is 15.8 Å². The maximum absolute atomic E-state index is 12.6. The summed E-state index contributed by atoms with van der Waals surface area (Å²) >= 11 is 0. The number of aryl methyl sites for hydroxylation is 2. The molecule has 6 heteroatoms. The molecule has 0 N–H and O–H groups in total. The normalized spacial score (nSPS) is 19.8. The first-order chi connectivity index (χ1) is 12.1. The van der Waals surface area contributed by atoms with Gasteiger partial charge in [-0.05, 0) is 17.5 Å². The maximum Gasteiger partial charge on any atom is 0.311 e. The third kappa shape index (κ3) is 3.90. The van der Waals surface area contributed by atoms with Crippen LogP contribution in [0.4, 0.5) is 0 Å². The van der Waals surface area contributed by atoms with Crippen LogP contribution in [0.1, 0.15) is 23.5 Å². The molecule has 6 nitrogen and oxygen atoms in total. The van der Waals surface area contributed by atoms with Gasteiger partial charge >= 0.3 is 5.97 Å². The molecule has 2 heterocycles. The van der Waals surface area contributed by atoms with E-state index in [2.05, 4.69) is 5.10 Å². The zero-order chi connectivity index (χ0) is 17.8. The molecule has 0 aliphatic carbocycles. The molecule has 1 fully saturated rings. The van der Waals surface area contributed by atoms with Gasteiger partial charge in [0.25, 0.3) is 0 Å². The van der Waals surface area contributed by atoms with Gasteiger partial charge in [0, 0.05) is 38.7 Å². The number of esters is 1. The van der Waals surface area contributed by atoms with Gasteiger partial charge in [0.15, 0.2) is 0 Å². The number of hydrogen-bond acceptors (Lipinski definition) is 4. The minimum absolute atomic E-state index is 0.0176. The molecule has 1 aliphatic heterocycles. The second kappa shape index (κ2) is 7.51. The van der Waals surface area contributed by atoms with E-state index in [4.69, 9.17) is 4.74 Å². The fourth-order valence-corrected chi connectivity index (χ4v) is 3.45. The molecule has 0 radical (unpaired) electrons. The summed E-state index contributed by atoms with van der Waals surface area (Å²) in [5, 5.41) is 4.12. The number of likely N-dealkylation sites (tertiary alicyclic amines) is 1. The Morgan fingerprint density at radius 3 is 2.64 bits per heavy atom. The van der Waals surface area contributed by atoms with Crippen molar-refractivity contribution < 1.29 is 14.3 Å². The molecule has 1 aliphatic rings. The molecular formula is C19H23N3O3. The number of methoxy groups -OCH3 is 1. The zero-order valence-electron chi connectivity index (χ0n) is 14.6. The smallest absolute Gasteiger partial charge is 0.311 e. The van der Waals surface area contributed by atoms with Crippen LogP contribution in [0.15, 0.2) is 42.7 Å². The summed E-state index contributed by atoms with van der Waals surface area (Å²) in [6, 6.07) is 9.87. The van der Waals surface area contributed by atoms with Crippen molar-refractivity contribution in [3.63, 3.8) is 0 Å². The van der Waals surface area contributed by atoms with E-state index in [1.807, 2.05) is 43.6 Å². The van der Waals surface area contributed by atoms with Crippen molar-refractivity contribution in [3.05, 3.63) is 53.9 Å². The minimum Gasteiger partial charge on any atom is -0.469 e. The Morgan fingerprint density at radius 2 is 2.00 bits per heavy atom. The predicted molar refractivity (Wildman–Crippen MR) is 92.8 cm³/mol. The highest BCUT2D eigenvalue weighted by Crippen LogP contribution is 2.33. The van der Waals surface area contributed by atoms with E-state index >= 15 is 0 Å². The van der Waals surface area contributed by atoms with Gasteiger partial charge in [-0.25, -0.2) is 0 Å². The third-order valence-electron chi connectivity index (χ3n) is 4.79. The monoisotopic (exact) mass is 341 g/mol. The van der Waals surface area contributed by atoms with Crippen molar-refractivity contribution in [2.24, 2.45) is 13.0 Å². The quantitative estimate of drug-likeness (QED) is 0.778. The number of benzene rings is 1. The van der Waals surface area contributed by atoms with Crippen LogP contribution in [-0.2, 0) is 27.8 Å². The number of amides is 1. The van der Waals surface area contributed by atoms with Crippen LogP contribution in [0.2, 0.25) is 0 Å². The number of hydrogen-bond donors (Lipinski definition) is 0. The van der Waals surface area contributed by atoms with Crippen molar-refractivity contribution >= 4 is 11.9 Å². The van der Waals surface area contributed by atoms with Crippen LogP contribution in [-0.4, -0.2) is 46.8 Å². The molecule has 3 rings (SSSR count). The molecule has 0 spiro atoms. The van der Waals surface area contributed by atoms with Gasteiger partial charge in [0.05, 0.1) is 19.2 Å². The number of carbonyl (C=O) groups excluding carboxylic acids is 2. The second-order valence-electron chi connectivity index (χ2n) is 6.47. The SMILES string of the molecule is COC(=O)[C@@H]1CN(C(=O)CCc2cnn(C)c2)C[C@@H]1c1ccccc1. The zero-order valence-corrected chi connectivity index (χ0v) is 14.6. The van der Waals surface area contributed by atoms with Crippen molar-refractivity contribution in [2.45, 2.75) is 18.8 Å². The molecule has 132 valence electrons. The van der Waals surface area contributed by atoms with Gasteiger partial charge in [-0.15, -0.1) is 0 Å². The van der Waals surface area contributed by atoms with Gasteiger partial charge in [0.1, 0.15) is 0 Å². The Hall–Kier alpha value is -2.63. The van der Waals surface area contributed by atoms with Crippen molar-refractivity contribution in [1.82, 2.24) is 14.7 Å². The molecule has 1 aromatic heterocycles. The molecule has 2 aromatic rings. The highest BCUT2D eigenvalue weighted by molar-refractivity contribution is 5.80. The Kier molecular flexibility index (Phi) is 5.16. The summed E-state index contributed by atoms with van der Waals surface area (Å²) in [6.07, 6.45) is 4.77. The Balaban J connectivity index is 1.68. The molecule has 0 bridgehead atoms. The first-order valence-corrected chi connectivity index (χ1v) is 8.46. The van der Waals surface area contributed by atoms with Crippen LogP contribution < -0.4 is 0 Å². The Bertz CT molecular complexity index is 741. The first kappa shape index (κ1) is 17.2. The van der Waals surface area contributed by atoms with Crippen molar-refractivity contribution in [3.8, 4) is 0 Å². The molecule has 25 heavy (non-hydrogen) atoms. The van der Waals surface area contributed by atoms with E-state index in [1.165, 1.54) is 7.11 Å². The van der Waals surface area contributed by atoms with Gasteiger partial charge in [-0.1, -0.05) is 30.3 Å². The lowest BCUT2D eigenvalue weighted by Crippen LogP contribution is -2.30. The molecule has 1 saturated heterocycles. The third-order valence-corrected chi connectivity index (χ3v) is 4.79. The lowest BCUT2D eigenvalue weighted by molar-refractivity contribution is -0.145. The Morgan fingerprint density at radius 1 is 1.24 bits per heavy atom. The van der Waals surface area contributed by atoms with Crippen LogP contribution in [0.3, 0.4) is 0 Å². The molecule has 0 saturated carbocycles. The summed E-state index contributed by atoms with van der Waals surface area (Å²) in [5.74, 6) is -0.515. The molecule has 2 atom stereocenters. The maximum atomic E-state index is 12.6. The van der Waals surface area contributed by atoms with Crippen LogP contribution >= 0.6 is 0 Å². The first-order valence-electron chi connectivity index (χ1n) is 8.46. The number of aromatic nitrogens is 2. The van der Waals surface area contributed by atoms with E-state index < -0.39 is 0 Å². The van der Waals surface area contributed by atoms with Crippen molar-refractivity contribution in [1.29, 1.82) is 0 Å². The Labute approximate surface area is 147 Å². The minimum atomic E-state index is -0.310. The largest absolute Gasteiger partial charge is 0.469 e. The highest BCUT2D eigenvalue weighted by Gasteiger charge is 2.40. The van der Waals surface area contributed by atoms with E-state index in [9.17, 15) is 9.59 Å². The number of ether oxygens (including phenoxy) is 1. The predicted octanol–water partition coefficient (Wildman–Crippen LogP) is 1.77. The van der Waals surface area contributed by atoms with E-state index in [-0.39, 0.29) is 23.7 Å². The van der Waals surface area contributed by atoms with Crippen LogP contribution in [0.25, 0.3) is 0 Å². The lowest BCUT2D eigenvalue weighted by atomic mass is 9.89. The van der Waals surface area contributed by atoms with E-state index in [0.29, 0.717) is 25.9 Å². The topological polar surface area (TPSA) is 64.4 Å². The average Bonchev–Trinajstić information content (AvgIpc) is 3.26. The summed E-state index contributed by atoms with van der Waals surface area (Å²) in [5.41, 5.74) is 2.11. The summed E-state index contributed by atoms with van der Waals surface area (Å²) in [7, 11) is 3.26. The molecule has 0 unspecified atom stereocenters. The van der Waals surface area contributed by atoms with Crippen LogP contribution in [0.5, 0.6) is 0 Å². The fraction of sp³-hybridized carbons (Fsp3) is 0.421. The van der Waals surface area contributed by atoms with E-state index in [0.717, 1.165) is 11.1 Å². The summed E-state index contributed by atoms with van der Waals surface area (Å²) < 4.78 is 6.69. The number of nitrogens with zero attached hydrogens (tertiary/aromatic N) is 3. The molecule has 1 aromatic carbocycles. The summed E-state index contributed by atoms with van der Waals surface area (Å²) in [6.45, 7) is 0.966. The molecular weight excluding hydrogens is 318 g/mol. The van der Waals surface area contributed by atoms with Gasteiger partial charge < -0.3 is 9.64 Å². The van der Waals surface area contributed by atoms with Crippen LogP contribution in [0, 0.1) is 5.92 Å². The molecule has 1 amide bonds. The van der Waals surface area contributed by atoms with Gasteiger partial charge in [-0.3, -0.25) is 14.3 Å². The fourth-order valence-electron chi connectivity index (χ4n) is 3.45. The summed E-state index contributed by atoms with van der Waals surface area (Å²) in [4.78, 5) is 26.6. The highest BCUT2D eigenvalue weighted by atomic mass is 16.5. The lowest BCUT2D eigenvalue weighted by Gasteiger charge is -2.16. The standard InChI is InChI=1S/C19H23N3O3/c1-21-11-14(10-20-21)8-9-18(23)22-12-16(15-6-4-3-5-7-15)17(13-22)19(24)25-2/h3-7,10-11,16-17H,8-9,12-13H2,1-2H3/t16-,17-/m1/s1. The van der Waals surface area contributed by atoms with Crippen molar-refractivity contribution in [2.75, 3.05) is 20.2 Å². The van der Waals surface area contributed by atoms with Gasteiger partial charge in [-0.2, -0.15) is 5.10 Å². The number of carbonyl (C=O) groups is 2. The number of rotatable bonds is 5.